The van der Waals surface area contributed by atoms with Crippen molar-refractivity contribution in [1.82, 2.24) is 24.6 Å². The molecule has 0 aromatic carbocycles. The molecular formula is C32H42N6O4. The molecule has 224 valence electrons. The molecule has 4 fully saturated rings. The van der Waals surface area contributed by atoms with E-state index in [4.69, 9.17) is 29.3 Å². The van der Waals surface area contributed by atoms with Gasteiger partial charge in [0.1, 0.15) is 12.3 Å². The molecule has 7 rings (SSSR count). The lowest BCUT2D eigenvalue weighted by Gasteiger charge is -2.41. The number of rotatable bonds is 8. The number of hydrogen-bond donors (Lipinski definition) is 0. The minimum absolute atomic E-state index is 0.00380. The number of methoxy groups -OCH3 is 1. The van der Waals surface area contributed by atoms with Crippen LogP contribution in [0, 0.1) is 0 Å². The van der Waals surface area contributed by atoms with E-state index in [9.17, 15) is 4.79 Å². The zero-order chi connectivity index (χ0) is 28.5. The Morgan fingerprint density at radius 2 is 1.71 bits per heavy atom. The number of ketones is 1. The molecule has 3 saturated heterocycles. The fourth-order valence-electron chi connectivity index (χ4n) is 7.07. The van der Waals surface area contributed by atoms with Crippen LogP contribution in [0.1, 0.15) is 78.7 Å². The maximum atomic E-state index is 13.2. The Kier molecular flexibility index (Phi) is 8.21. The molecule has 3 aliphatic heterocycles. The van der Waals surface area contributed by atoms with Gasteiger partial charge in [0.25, 0.3) is 0 Å². The SMILES string of the molecule is COCC(=O)c1cc(N2CCC(N3CCOCC3)CC2)c2c(C3CCC3)nn(-c3ccnc(C4CCOCC4)c3)c2n1. The van der Waals surface area contributed by atoms with E-state index in [-0.39, 0.29) is 12.4 Å². The number of aromatic nitrogens is 4. The number of anilines is 1. The van der Waals surface area contributed by atoms with Crippen molar-refractivity contribution in [2.24, 2.45) is 0 Å². The van der Waals surface area contributed by atoms with Crippen molar-refractivity contribution >= 4 is 22.5 Å². The number of carbonyl (C=O) groups excluding carboxylic acids is 1. The van der Waals surface area contributed by atoms with Crippen LogP contribution in [0.15, 0.2) is 24.4 Å². The standard InChI is InChI=1S/C32H42N6O4/c1-40-21-29(39)27-20-28(37-11-6-24(7-12-37)36-13-17-42-18-14-36)30-31(23-3-2-4-23)35-38(32(30)34-27)25-5-10-33-26(19-25)22-8-15-41-16-9-22/h5,10,19-20,22-24H,2-4,6-9,11-18,21H2,1H3. The van der Waals surface area contributed by atoms with Crippen molar-refractivity contribution in [3.05, 3.63) is 41.5 Å². The van der Waals surface area contributed by atoms with Crippen LogP contribution in [0.3, 0.4) is 0 Å². The molecule has 0 amide bonds. The maximum Gasteiger partial charge on any atom is 0.206 e. The Hall–Kier alpha value is -2.92. The lowest BCUT2D eigenvalue weighted by molar-refractivity contribution is 0.0115. The van der Waals surface area contributed by atoms with Crippen LogP contribution in [0.25, 0.3) is 16.7 Å². The number of pyridine rings is 2. The van der Waals surface area contributed by atoms with Gasteiger partial charge in [-0.15, -0.1) is 0 Å². The lowest BCUT2D eigenvalue weighted by Crippen LogP contribution is -2.49. The summed E-state index contributed by atoms with van der Waals surface area (Å²) in [7, 11) is 1.56. The van der Waals surface area contributed by atoms with Crippen molar-refractivity contribution in [1.29, 1.82) is 0 Å². The number of nitrogens with zero attached hydrogens (tertiary/aromatic N) is 6. The second-order valence-electron chi connectivity index (χ2n) is 12.2. The summed E-state index contributed by atoms with van der Waals surface area (Å²) in [6.07, 6.45) is 9.52. The van der Waals surface area contributed by atoms with Gasteiger partial charge in [0.2, 0.25) is 5.78 Å². The fourth-order valence-corrected chi connectivity index (χ4v) is 7.07. The van der Waals surface area contributed by atoms with Crippen molar-refractivity contribution < 1.29 is 19.0 Å². The largest absolute Gasteiger partial charge is 0.381 e. The summed E-state index contributed by atoms with van der Waals surface area (Å²) in [6, 6.07) is 6.75. The average molecular weight is 575 g/mol. The number of piperidine rings is 1. The topological polar surface area (TPSA) is 94.8 Å². The van der Waals surface area contributed by atoms with Crippen LogP contribution in [-0.4, -0.2) is 103 Å². The van der Waals surface area contributed by atoms with E-state index in [1.807, 2.05) is 23.0 Å². The second kappa shape index (κ2) is 12.4. The van der Waals surface area contributed by atoms with Crippen LogP contribution in [0.4, 0.5) is 5.69 Å². The molecule has 0 spiro atoms. The highest BCUT2D eigenvalue weighted by Gasteiger charge is 2.33. The van der Waals surface area contributed by atoms with E-state index in [1.165, 1.54) is 6.42 Å². The van der Waals surface area contributed by atoms with Crippen molar-refractivity contribution in [2.75, 3.05) is 71.2 Å². The van der Waals surface area contributed by atoms with E-state index in [0.29, 0.717) is 23.6 Å². The molecule has 1 saturated carbocycles. The van der Waals surface area contributed by atoms with Crippen molar-refractivity contribution in [3.63, 3.8) is 0 Å². The first-order valence-corrected chi connectivity index (χ1v) is 15.8. The molecule has 10 nitrogen and oxygen atoms in total. The van der Waals surface area contributed by atoms with Gasteiger partial charge in [0.05, 0.1) is 35.7 Å². The third-order valence-electron chi connectivity index (χ3n) is 9.71. The molecule has 0 unspecified atom stereocenters. The van der Waals surface area contributed by atoms with Crippen LogP contribution < -0.4 is 4.90 Å². The van der Waals surface area contributed by atoms with Crippen molar-refractivity contribution in [3.8, 4) is 5.69 Å². The van der Waals surface area contributed by atoms with Gasteiger partial charge in [-0.05, 0) is 56.7 Å². The molecule has 4 aliphatic rings. The number of carbonyl (C=O) groups is 1. The minimum atomic E-state index is -0.112. The molecule has 0 radical (unpaired) electrons. The summed E-state index contributed by atoms with van der Waals surface area (Å²) < 4.78 is 18.4. The smallest absolute Gasteiger partial charge is 0.206 e. The van der Waals surface area contributed by atoms with Gasteiger partial charge in [-0.1, -0.05) is 6.42 Å². The predicted molar refractivity (Wildman–Crippen MR) is 160 cm³/mol. The first-order chi connectivity index (χ1) is 20.7. The number of ether oxygens (including phenoxy) is 3. The summed E-state index contributed by atoms with van der Waals surface area (Å²) in [5, 5.41) is 6.37. The highest BCUT2D eigenvalue weighted by Crippen LogP contribution is 2.43. The Balaban J connectivity index is 1.30. The molecule has 10 heteroatoms. The number of morpholine rings is 1. The highest BCUT2D eigenvalue weighted by atomic mass is 16.5. The third kappa shape index (κ3) is 5.45. The summed E-state index contributed by atoms with van der Waals surface area (Å²) in [5.74, 6) is 0.679. The van der Waals surface area contributed by atoms with Crippen molar-refractivity contribution in [2.45, 2.75) is 62.8 Å². The highest BCUT2D eigenvalue weighted by molar-refractivity contribution is 6.02. The van der Waals surface area contributed by atoms with Gasteiger partial charge in [0.15, 0.2) is 5.65 Å². The summed E-state index contributed by atoms with van der Waals surface area (Å²) >= 11 is 0. The normalized spacial score (nSPS) is 21.6. The Bertz CT molecular complexity index is 1400. The molecule has 1 aliphatic carbocycles. The molecule has 0 atom stereocenters. The molecule has 6 heterocycles. The van der Waals surface area contributed by atoms with Crippen LogP contribution in [-0.2, 0) is 14.2 Å². The fraction of sp³-hybridized carbons (Fsp3) is 0.625. The molecule has 3 aromatic heterocycles. The predicted octanol–water partition coefficient (Wildman–Crippen LogP) is 4.11. The van der Waals surface area contributed by atoms with E-state index in [2.05, 4.69) is 15.9 Å². The zero-order valence-electron chi connectivity index (χ0n) is 24.7. The van der Waals surface area contributed by atoms with E-state index in [1.54, 1.807) is 7.11 Å². The summed E-state index contributed by atoms with van der Waals surface area (Å²) in [6.45, 7) is 7.10. The van der Waals surface area contributed by atoms with Crippen LogP contribution in [0.2, 0.25) is 0 Å². The molecule has 3 aromatic rings. The quantitative estimate of drug-likeness (QED) is 0.369. The van der Waals surface area contributed by atoms with E-state index >= 15 is 0 Å². The van der Waals surface area contributed by atoms with Crippen LogP contribution >= 0.6 is 0 Å². The van der Waals surface area contributed by atoms with E-state index in [0.717, 1.165) is 125 Å². The van der Waals surface area contributed by atoms with Gasteiger partial charge < -0.3 is 19.1 Å². The van der Waals surface area contributed by atoms with Gasteiger partial charge in [-0.3, -0.25) is 14.7 Å². The van der Waals surface area contributed by atoms with E-state index < -0.39 is 0 Å². The summed E-state index contributed by atoms with van der Waals surface area (Å²) in [5.41, 5.74) is 5.42. The molecule has 0 bridgehead atoms. The minimum Gasteiger partial charge on any atom is -0.381 e. The van der Waals surface area contributed by atoms with Gasteiger partial charge >= 0.3 is 0 Å². The van der Waals surface area contributed by atoms with Gasteiger partial charge in [-0.2, -0.15) is 5.10 Å². The molecule has 42 heavy (non-hydrogen) atoms. The first kappa shape index (κ1) is 27.9. The number of hydrogen-bond acceptors (Lipinski definition) is 9. The first-order valence-electron chi connectivity index (χ1n) is 15.8. The number of fused-ring (bicyclic) bond motifs is 1. The summed E-state index contributed by atoms with van der Waals surface area (Å²) in [4.78, 5) is 28.0. The molecule has 0 N–H and O–H groups in total. The Morgan fingerprint density at radius 3 is 2.43 bits per heavy atom. The average Bonchev–Trinajstić information content (AvgIpc) is 3.40. The maximum absolute atomic E-state index is 13.2. The van der Waals surface area contributed by atoms with Crippen LogP contribution in [0.5, 0.6) is 0 Å². The third-order valence-corrected chi connectivity index (χ3v) is 9.71. The zero-order valence-corrected chi connectivity index (χ0v) is 24.7. The molecular weight excluding hydrogens is 532 g/mol. The second-order valence-corrected chi connectivity index (χ2v) is 12.2. The monoisotopic (exact) mass is 574 g/mol. The number of Topliss-reactive ketones (excluding diaryl/α,β-unsaturated/α-hetero) is 1. The lowest BCUT2D eigenvalue weighted by atomic mass is 9.82. The van der Waals surface area contributed by atoms with Gasteiger partial charge in [-0.25, -0.2) is 9.67 Å². The Morgan fingerprint density at radius 1 is 0.952 bits per heavy atom. The Labute approximate surface area is 247 Å². The van der Waals surface area contributed by atoms with Gasteiger partial charge in [0, 0.05) is 76.3 Å².